The van der Waals surface area contributed by atoms with Gasteiger partial charge in [-0.2, -0.15) is 0 Å². The van der Waals surface area contributed by atoms with Crippen molar-refractivity contribution in [3.8, 4) is 0 Å². The van der Waals surface area contributed by atoms with Crippen LogP contribution in [0, 0.1) is 28.6 Å². The number of rotatable bonds is 4. The largest absolute Gasteiger partial charge is 0.458 e. The highest BCUT2D eigenvalue weighted by atomic mass is 16.5. The van der Waals surface area contributed by atoms with Gasteiger partial charge in [0.2, 0.25) is 5.78 Å². The molecule has 0 spiro atoms. The van der Waals surface area contributed by atoms with Gasteiger partial charge in [-0.25, -0.2) is 0 Å². The Balaban J connectivity index is 1.56. The molecule has 3 saturated carbocycles. The van der Waals surface area contributed by atoms with Gasteiger partial charge < -0.3 is 14.9 Å². The first-order chi connectivity index (χ1) is 16.0. The van der Waals surface area contributed by atoms with Crippen LogP contribution in [0.15, 0.2) is 23.8 Å². The first-order valence-electron chi connectivity index (χ1n) is 13.0. The summed E-state index contributed by atoms with van der Waals surface area (Å²) in [4.78, 5) is 37.2. The Kier molecular flexibility index (Phi) is 3.78. The highest BCUT2D eigenvalue weighted by Crippen LogP contribution is 2.67. The van der Waals surface area contributed by atoms with Crippen LogP contribution in [0.1, 0.15) is 66.0 Å². The molecule has 6 heteroatoms. The van der Waals surface area contributed by atoms with Crippen LogP contribution < -0.4 is 0 Å². The van der Waals surface area contributed by atoms with Crippen LogP contribution in [0.25, 0.3) is 0 Å². The summed E-state index contributed by atoms with van der Waals surface area (Å²) in [6.45, 7) is -0.430. The highest BCUT2D eigenvalue weighted by molar-refractivity contribution is 6.01. The number of esters is 1. The number of aliphatic hydroxyl groups is 2. The van der Waals surface area contributed by atoms with Crippen LogP contribution in [0.4, 0.5) is 0 Å². The highest BCUT2D eigenvalue weighted by Gasteiger charge is 2.68. The number of hydrogen-bond acceptors (Lipinski definition) is 6. The molecule has 30 heavy (non-hydrogen) atoms. The third-order valence-corrected chi connectivity index (χ3v) is 8.55. The standard InChI is InChI=1S/C24H32O6/c1-4-20(28)30-13-19(27)24(29)10-8-17-16-6-5-14-11-15(25)7-9-22(14,2)21(16)18(26)12-23(17,24)3/h7,9,11,16-18,21,26,29H,4-6,8,10,12-13H2,1-3H3/t16-,17-,18-,21+,22-,23-,24-/m0/s1/i1D3,4D2. The Morgan fingerprint density at radius 2 is 2.13 bits per heavy atom. The Labute approximate surface area is 184 Å². The molecule has 7 atom stereocenters. The van der Waals surface area contributed by atoms with E-state index in [-0.39, 0.29) is 36.4 Å². The Hall–Kier alpha value is -1.79. The molecular weight excluding hydrogens is 384 g/mol. The molecule has 4 aliphatic carbocycles. The molecule has 0 unspecified atom stereocenters. The van der Waals surface area contributed by atoms with Crippen molar-refractivity contribution in [1.29, 1.82) is 0 Å². The molecule has 0 aromatic carbocycles. The van der Waals surface area contributed by atoms with Crippen molar-refractivity contribution in [2.75, 3.05) is 6.61 Å². The number of ether oxygens (including phenoxy) is 1. The molecule has 0 aliphatic heterocycles. The van der Waals surface area contributed by atoms with E-state index in [0.29, 0.717) is 19.3 Å². The van der Waals surface area contributed by atoms with Crippen LogP contribution in [0.2, 0.25) is 0 Å². The van der Waals surface area contributed by atoms with Gasteiger partial charge in [-0.05, 0) is 56.1 Å². The SMILES string of the molecule is [2H]C([2H])([2H])C([2H])([2H])C(=O)OCC(=O)[C@@]1(O)CC[C@H]2[C@@H]3CCC4=CC(=O)C=C[C@]4(C)[C@H]3[C@@H](O)C[C@@]21C. The fraction of sp³-hybridized carbons (Fsp3) is 0.708. The Morgan fingerprint density at radius 3 is 2.87 bits per heavy atom. The van der Waals surface area contributed by atoms with E-state index in [9.17, 15) is 24.6 Å². The number of ketones is 2. The molecule has 4 rings (SSSR count). The minimum absolute atomic E-state index is 0.00202. The van der Waals surface area contributed by atoms with Crippen LogP contribution >= 0.6 is 0 Å². The maximum Gasteiger partial charge on any atom is 0.305 e. The van der Waals surface area contributed by atoms with E-state index in [1.165, 1.54) is 6.08 Å². The van der Waals surface area contributed by atoms with Gasteiger partial charge in [-0.15, -0.1) is 0 Å². The van der Waals surface area contributed by atoms with Gasteiger partial charge in [0.1, 0.15) is 5.60 Å². The summed E-state index contributed by atoms with van der Waals surface area (Å²) >= 11 is 0. The number of carbonyl (C=O) groups is 3. The third kappa shape index (κ3) is 2.87. The van der Waals surface area contributed by atoms with E-state index in [1.807, 2.05) is 13.0 Å². The molecule has 0 bridgehead atoms. The van der Waals surface area contributed by atoms with Gasteiger partial charge in [0.05, 0.1) is 6.10 Å². The summed E-state index contributed by atoms with van der Waals surface area (Å²) in [6, 6.07) is 0. The normalized spacial score (nSPS) is 47.9. The fourth-order valence-corrected chi connectivity index (χ4v) is 7.08. The molecule has 0 amide bonds. The van der Waals surface area contributed by atoms with E-state index in [4.69, 9.17) is 11.6 Å². The maximum absolute atomic E-state index is 13.2. The zero-order chi connectivity index (χ0) is 26.2. The molecule has 0 saturated heterocycles. The molecule has 4 aliphatic rings. The molecular formula is C24H32O6. The fourth-order valence-electron chi connectivity index (χ4n) is 7.08. The average Bonchev–Trinajstić information content (AvgIpc) is 3.02. The van der Waals surface area contributed by atoms with Gasteiger partial charge in [0.25, 0.3) is 0 Å². The summed E-state index contributed by atoms with van der Waals surface area (Å²) in [6.07, 6.45) is 3.07. The number of allylic oxidation sites excluding steroid dienone is 4. The quantitative estimate of drug-likeness (QED) is 0.677. The van der Waals surface area contributed by atoms with Gasteiger partial charge >= 0.3 is 5.97 Å². The van der Waals surface area contributed by atoms with Crippen LogP contribution in [0.3, 0.4) is 0 Å². The first kappa shape index (κ1) is 15.9. The van der Waals surface area contributed by atoms with Crippen molar-refractivity contribution in [2.45, 2.75) is 70.9 Å². The van der Waals surface area contributed by atoms with Crippen molar-refractivity contribution in [3.05, 3.63) is 23.8 Å². The monoisotopic (exact) mass is 421 g/mol. The van der Waals surface area contributed by atoms with Crippen molar-refractivity contribution < 1.29 is 36.2 Å². The number of carbonyl (C=O) groups excluding carboxylic acids is 3. The molecule has 0 radical (unpaired) electrons. The lowest BCUT2D eigenvalue weighted by molar-refractivity contribution is -0.181. The number of hydrogen-bond donors (Lipinski definition) is 2. The van der Waals surface area contributed by atoms with Crippen LogP contribution in [-0.2, 0) is 19.1 Å². The second kappa shape index (κ2) is 7.13. The molecule has 0 heterocycles. The molecule has 0 aromatic rings. The minimum Gasteiger partial charge on any atom is -0.458 e. The van der Waals surface area contributed by atoms with Crippen LogP contribution in [-0.4, -0.2) is 46.1 Å². The molecule has 164 valence electrons. The molecule has 2 N–H and O–H groups in total. The van der Waals surface area contributed by atoms with Crippen molar-refractivity contribution in [3.63, 3.8) is 0 Å². The smallest absolute Gasteiger partial charge is 0.305 e. The van der Waals surface area contributed by atoms with E-state index >= 15 is 0 Å². The summed E-state index contributed by atoms with van der Waals surface area (Å²) in [5.41, 5.74) is -2.41. The lowest BCUT2D eigenvalue weighted by Gasteiger charge is -2.59. The summed E-state index contributed by atoms with van der Waals surface area (Å²) in [5, 5.41) is 23.0. The second-order valence-electron chi connectivity index (χ2n) is 9.73. The third-order valence-electron chi connectivity index (χ3n) is 8.55. The molecule has 0 aromatic heterocycles. The first-order valence-corrected chi connectivity index (χ1v) is 10.5. The van der Waals surface area contributed by atoms with E-state index in [1.54, 1.807) is 13.0 Å². The second-order valence-corrected chi connectivity index (χ2v) is 9.73. The predicted octanol–water partition coefficient (Wildman–Crippen LogP) is 2.52. The number of aliphatic hydroxyl groups excluding tert-OH is 1. The summed E-state index contributed by atoms with van der Waals surface area (Å²) < 4.78 is 41.3. The van der Waals surface area contributed by atoms with Gasteiger partial charge in [0, 0.05) is 30.0 Å². The van der Waals surface area contributed by atoms with Crippen molar-refractivity contribution in [1.82, 2.24) is 0 Å². The molecule has 3 fully saturated rings. The zero-order valence-electron chi connectivity index (χ0n) is 22.3. The molecule has 6 nitrogen and oxygen atoms in total. The van der Waals surface area contributed by atoms with Gasteiger partial charge in [0.15, 0.2) is 12.4 Å². The summed E-state index contributed by atoms with van der Waals surface area (Å²) in [7, 11) is 0. The van der Waals surface area contributed by atoms with Gasteiger partial charge in [-0.3, -0.25) is 14.4 Å². The topological polar surface area (TPSA) is 101 Å². The zero-order valence-corrected chi connectivity index (χ0v) is 17.3. The average molecular weight is 422 g/mol. The Bertz CT molecular complexity index is 1020. The van der Waals surface area contributed by atoms with Crippen molar-refractivity contribution >= 4 is 17.5 Å². The minimum atomic E-state index is -3.29. The van der Waals surface area contributed by atoms with Crippen LogP contribution in [0.5, 0.6) is 0 Å². The summed E-state index contributed by atoms with van der Waals surface area (Å²) in [5.74, 6) is -2.85. The van der Waals surface area contributed by atoms with E-state index < -0.39 is 54.1 Å². The van der Waals surface area contributed by atoms with E-state index in [2.05, 4.69) is 0 Å². The van der Waals surface area contributed by atoms with Gasteiger partial charge in [-0.1, -0.05) is 32.3 Å². The Morgan fingerprint density at radius 1 is 1.37 bits per heavy atom. The number of Topliss-reactive ketones (excluding diaryl/α,β-unsaturated/α-hetero) is 1. The number of fused-ring (bicyclic) bond motifs is 5. The predicted molar refractivity (Wildman–Crippen MR) is 109 cm³/mol. The lowest BCUT2D eigenvalue weighted by atomic mass is 9.46. The van der Waals surface area contributed by atoms with Crippen molar-refractivity contribution in [2.24, 2.45) is 28.6 Å². The lowest BCUT2D eigenvalue weighted by Crippen LogP contribution is -2.61. The maximum atomic E-state index is 13.2. The van der Waals surface area contributed by atoms with E-state index in [0.717, 1.165) is 5.57 Å².